The summed E-state index contributed by atoms with van der Waals surface area (Å²) in [4.78, 5) is 13.7. The number of oxazole rings is 1. The van der Waals surface area contributed by atoms with Gasteiger partial charge in [-0.15, -0.1) is 0 Å². The van der Waals surface area contributed by atoms with E-state index < -0.39 is 5.76 Å². The number of benzene rings is 2. The van der Waals surface area contributed by atoms with Gasteiger partial charge in [-0.1, -0.05) is 24.3 Å². The maximum Gasteiger partial charge on any atom is 0.417 e. The molecule has 3 heteroatoms. The van der Waals surface area contributed by atoms with E-state index in [-0.39, 0.29) is 0 Å². The Hall–Kier alpha value is -2.29. The minimum absolute atomic E-state index is 0.415. The van der Waals surface area contributed by atoms with Gasteiger partial charge in [0, 0.05) is 0 Å². The molecule has 3 rings (SSSR count). The topological polar surface area (TPSA) is 46.0 Å². The lowest BCUT2D eigenvalue weighted by Gasteiger charge is -2.05. The van der Waals surface area contributed by atoms with E-state index in [0.717, 1.165) is 16.6 Å². The molecule has 1 aromatic heterocycles. The molecule has 0 aliphatic carbocycles. The third-order valence-corrected chi connectivity index (χ3v) is 3.26. The van der Waals surface area contributed by atoms with Gasteiger partial charge in [-0.2, -0.15) is 0 Å². The molecule has 0 aliphatic rings. The third kappa shape index (κ3) is 1.74. The summed E-state index contributed by atoms with van der Waals surface area (Å²) < 4.78 is 5.07. The van der Waals surface area contributed by atoms with E-state index in [2.05, 4.69) is 37.0 Å². The van der Waals surface area contributed by atoms with Crippen LogP contribution in [-0.2, 0) is 0 Å². The molecule has 1 heterocycles. The van der Waals surface area contributed by atoms with Gasteiger partial charge >= 0.3 is 5.76 Å². The van der Waals surface area contributed by atoms with Gasteiger partial charge in [-0.05, 0) is 48.2 Å². The summed E-state index contributed by atoms with van der Waals surface area (Å²) in [6, 6.07) is 12.1. The van der Waals surface area contributed by atoms with Crippen molar-refractivity contribution in [3.63, 3.8) is 0 Å². The molecule has 2 aromatic carbocycles. The number of fused-ring (bicyclic) bond motifs is 1. The number of rotatable bonds is 1. The SMILES string of the molecule is Cc1ccc(-c2ccc3[nH]c(=O)oc3c2)cc1C. The zero-order valence-electron chi connectivity index (χ0n) is 10.3. The third-order valence-electron chi connectivity index (χ3n) is 3.26. The van der Waals surface area contributed by atoms with Crippen molar-refractivity contribution in [2.24, 2.45) is 0 Å². The van der Waals surface area contributed by atoms with Crippen molar-refractivity contribution in [3.05, 3.63) is 58.1 Å². The molecule has 0 amide bonds. The lowest BCUT2D eigenvalue weighted by atomic mass is 10.0. The second-order valence-electron chi connectivity index (χ2n) is 4.52. The molecule has 0 atom stereocenters. The summed E-state index contributed by atoms with van der Waals surface area (Å²) in [5.74, 6) is -0.415. The molecule has 18 heavy (non-hydrogen) atoms. The lowest BCUT2D eigenvalue weighted by molar-refractivity contribution is 0.555. The Kier molecular flexibility index (Phi) is 2.33. The highest BCUT2D eigenvalue weighted by Gasteiger charge is 2.04. The molecule has 3 nitrogen and oxygen atoms in total. The Bertz CT molecular complexity index is 781. The van der Waals surface area contributed by atoms with Gasteiger partial charge in [-0.3, -0.25) is 4.98 Å². The van der Waals surface area contributed by atoms with Crippen LogP contribution in [0, 0.1) is 13.8 Å². The first kappa shape index (κ1) is 10.8. The number of H-pyrrole nitrogens is 1. The fraction of sp³-hybridized carbons (Fsp3) is 0.133. The van der Waals surface area contributed by atoms with Crippen molar-refractivity contribution in [1.82, 2.24) is 4.98 Å². The van der Waals surface area contributed by atoms with Crippen LogP contribution in [0.15, 0.2) is 45.6 Å². The van der Waals surface area contributed by atoms with Crippen LogP contribution in [-0.4, -0.2) is 4.98 Å². The Morgan fingerprint density at radius 3 is 2.44 bits per heavy atom. The molecular formula is C15H13NO2. The fourth-order valence-electron chi connectivity index (χ4n) is 2.05. The number of aromatic nitrogens is 1. The van der Waals surface area contributed by atoms with Gasteiger partial charge in [-0.25, -0.2) is 4.79 Å². The standard InChI is InChI=1S/C15H13NO2/c1-9-3-4-11(7-10(9)2)12-5-6-13-14(8-12)18-15(17)16-13/h3-8H,1-2H3,(H,16,17). The number of nitrogens with one attached hydrogen (secondary N) is 1. The first-order valence-corrected chi connectivity index (χ1v) is 5.84. The van der Waals surface area contributed by atoms with Gasteiger partial charge in [0.25, 0.3) is 0 Å². The summed E-state index contributed by atoms with van der Waals surface area (Å²) in [6.07, 6.45) is 0. The fourth-order valence-corrected chi connectivity index (χ4v) is 2.05. The first-order chi connectivity index (χ1) is 8.63. The number of aromatic amines is 1. The number of aryl methyl sites for hydroxylation is 2. The highest BCUT2D eigenvalue weighted by Crippen LogP contribution is 2.24. The maximum atomic E-state index is 11.1. The van der Waals surface area contributed by atoms with Crippen LogP contribution < -0.4 is 5.76 Å². The van der Waals surface area contributed by atoms with Crippen molar-refractivity contribution < 1.29 is 4.42 Å². The van der Waals surface area contributed by atoms with E-state index in [0.29, 0.717) is 5.58 Å². The summed E-state index contributed by atoms with van der Waals surface area (Å²) >= 11 is 0. The zero-order chi connectivity index (χ0) is 12.7. The highest BCUT2D eigenvalue weighted by molar-refractivity contribution is 5.80. The molecule has 0 aliphatic heterocycles. The highest BCUT2D eigenvalue weighted by atomic mass is 16.4. The lowest BCUT2D eigenvalue weighted by Crippen LogP contribution is -1.92. The van der Waals surface area contributed by atoms with Crippen LogP contribution in [0.2, 0.25) is 0 Å². The molecule has 0 fully saturated rings. The summed E-state index contributed by atoms with van der Waals surface area (Å²) in [7, 11) is 0. The van der Waals surface area contributed by atoms with Crippen LogP contribution in [0.3, 0.4) is 0 Å². The Morgan fingerprint density at radius 1 is 0.944 bits per heavy atom. The zero-order valence-corrected chi connectivity index (χ0v) is 10.3. The second-order valence-corrected chi connectivity index (χ2v) is 4.52. The van der Waals surface area contributed by atoms with Crippen molar-refractivity contribution in [2.45, 2.75) is 13.8 Å². The molecule has 1 N–H and O–H groups in total. The largest absolute Gasteiger partial charge is 0.417 e. The van der Waals surface area contributed by atoms with Gasteiger partial charge < -0.3 is 4.42 Å². The minimum atomic E-state index is -0.415. The van der Waals surface area contributed by atoms with E-state index >= 15 is 0 Å². The average Bonchev–Trinajstić information content (AvgIpc) is 2.71. The van der Waals surface area contributed by atoms with E-state index in [4.69, 9.17) is 4.42 Å². The quantitative estimate of drug-likeness (QED) is 0.707. The average molecular weight is 239 g/mol. The van der Waals surface area contributed by atoms with Gasteiger partial charge in [0.05, 0.1) is 5.52 Å². The monoisotopic (exact) mass is 239 g/mol. The molecule has 0 spiro atoms. The van der Waals surface area contributed by atoms with E-state index in [9.17, 15) is 4.79 Å². The predicted molar refractivity (Wildman–Crippen MR) is 71.7 cm³/mol. The first-order valence-electron chi connectivity index (χ1n) is 5.84. The molecule has 0 unspecified atom stereocenters. The van der Waals surface area contributed by atoms with Gasteiger partial charge in [0.1, 0.15) is 0 Å². The molecule has 90 valence electrons. The number of hydrogen-bond acceptors (Lipinski definition) is 2. The van der Waals surface area contributed by atoms with Gasteiger partial charge in [0.15, 0.2) is 5.58 Å². The molecular weight excluding hydrogens is 226 g/mol. The van der Waals surface area contributed by atoms with Crippen LogP contribution in [0.1, 0.15) is 11.1 Å². The Morgan fingerprint density at radius 2 is 1.67 bits per heavy atom. The second kappa shape index (κ2) is 3.88. The predicted octanol–water partition coefficient (Wildman–Crippen LogP) is 3.40. The molecule has 0 saturated carbocycles. The van der Waals surface area contributed by atoms with Crippen LogP contribution in [0.5, 0.6) is 0 Å². The van der Waals surface area contributed by atoms with Crippen LogP contribution in [0.4, 0.5) is 0 Å². The van der Waals surface area contributed by atoms with Crippen molar-refractivity contribution in [3.8, 4) is 11.1 Å². The summed E-state index contributed by atoms with van der Waals surface area (Å²) in [5.41, 5.74) is 6.02. The molecule has 0 radical (unpaired) electrons. The number of hydrogen-bond donors (Lipinski definition) is 1. The summed E-state index contributed by atoms with van der Waals surface area (Å²) in [6.45, 7) is 4.18. The molecule has 3 aromatic rings. The minimum Gasteiger partial charge on any atom is -0.408 e. The van der Waals surface area contributed by atoms with Crippen LogP contribution in [0.25, 0.3) is 22.2 Å². The van der Waals surface area contributed by atoms with E-state index in [1.54, 1.807) is 0 Å². The summed E-state index contributed by atoms with van der Waals surface area (Å²) in [5, 5.41) is 0. The smallest absolute Gasteiger partial charge is 0.408 e. The Balaban J connectivity index is 2.18. The molecule has 0 bridgehead atoms. The maximum absolute atomic E-state index is 11.1. The van der Waals surface area contributed by atoms with Crippen molar-refractivity contribution >= 4 is 11.1 Å². The normalized spacial score (nSPS) is 11.0. The Labute approximate surface area is 104 Å². The van der Waals surface area contributed by atoms with E-state index in [1.807, 2.05) is 18.2 Å². The van der Waals surface area contributed by atoms with E-state index in [1.165, 1.54) is 11.1 Å². The van der Waals surface area contributed by atoms with Crippen LogP contribution >= 0.6 is 0 Å². The van der Waals surface area contributed by atoms with Crippen molar-refractivity contribution in [2.75, 3.05) is 0 Å². The van der Waals surface area contributed by atoms with Crippen molar-refractivity contribution in [1.29, 1.82) is 0 Å². The molecule has 0 saturated heterocycles. The van der Waals surface area contributed by atoms with Gasteiger partial charge in [0.2, 0.25) is 0 Å².